The number of hydrogen-bond acceptors (Lipinski definition) is 2. The van der Waals surface area contributed by atoms with Gasteiger partial charge in [-0.2, -0.15) is 0 Å². The fourth-order valence-corrected chi connectivity index (χ4v) is 2.34. The smallest absolute Gasteiger partial charge is 0.241 e. The van der Waals surface area contributed by atoms with Gasteiger partial charge in [0.05, 0.1) is 17.3 Å². The first-order valence-corrected chi connectivity index (χ1v) is 7.40. The standard InChI is InChI=1S/C16H15Cl2FN2O/c1-21(10-11-12(17)6-4-7-14(11)19)16(22)9-20-15-8-3-2-5-13(15)18/h2-8,20H,9-10H2,1H3. The van der Waals surface area contributed by atoms with Crippen molar-refractivity contribution in [2.75, 3.05) is 18.9 Å². The molecule has 116 valence electrons. The van der Waals surface area contributed by atoms with Crippen LogP contribution in [-0.4, -0.2) is 24.4 Å². The van der Waals surface area contributed by atoms with Crippen LogP contribution in [0.3, 0.4) is 0 Å². The molecule has 0 aliphatic carbocycles. The normalized spacial score (nSPS) is 10.4. The van der Waals surface area contributed by atoms with E-state index in [4.69, 9.17) is 23.2 Å². The van der Waals surface area contributed by atoms with Gasteiger partial charge in [-0.15, -0.1) is 0 Å². The first kappa shape index (κ1) is 16.6. The summed E-state index contributed by atoms with van der Waals surface area (Å²) in [6, 6.07) is 11.6. The zero-order valence-corrected chi connectivity index (χ0v) is 13.5. The molecule has 0 spiro atoms. The third kappa shape index (κ3) is 4.12. The molecule has 0 unspecified atom stereocenters. The number of nitrogens with zero attached hydrogens (tertiary/aromatic N) is 1. The molecule has 0 saturated carbocycles. The minimum Gasteiger partial charge on any atom is -0.375 e. The van der Waals surface area contributed by atoms with Crippen LogP contribution in [0, 0.1) is 5.82 Å². The van der Waals surface area contributed by atoms with Crippen molar-refractivity contribution >= 4 is 34.8 Å². The van der Waals surface area contributed by atoms with Crippen molar-refractivity contribution in [2.45, 2.75) is 6.54 Å². The quantitative estimate of drug-likeness (QED) is 0.884. The molecule has 2 aromatic carbocycles. The lowest BCUT2D eigenvalue weighted by Gasteiger charge is -2.19. The molecule has 0 aromatic heterocycles. The minimum atomic E-state index is -0.425. The molecule has 0 radical (unpaired) electrons. The van der Waals surface area contributed by atoms with Gasteiger partial charge in [-0.05, 0) is 24.3 Å². The maximum Gasteiger partial charge on any atom is 0.241 e. The van der Waals surface area contributed by atoms with E-state index in [-0.39, 0.29) is 19.0 Å². The largest absolute Gasteiger partial charge is 0.375 e. The van der Waals surface area contributed by atoms with Crippen molar-refractivity contribution < 1.29 is 9.18 Å². The Bertz CT molecular complexity index is 659. The number of nitrogens with one attached hydrogen (secondary N) is 1. The summed E-state index contributed by atoms with van der Waals surface area (Å²) in [4.78, 5) is 13.5. The van der Waals surface area contributed by atoms with Crippen molar-refractivity contribution in [3.8, 4) is 0 Å². The Morgan fingerprint density at radius 2 is 1.82 bits per heavy atom. The van der Waals surface area contributed by atoms with Gasteiger partial charge >= 0.3 is 0 Å². The molecule has 22 heavy (non-hydrogen) atoms. The highest BCUT2D eigenvalue weighted by Gasteiger charge is 2.14. The van der Waals surface area contributed by atoms with E-state index in [0.29, 0.717) is 21.3 Å². The third-order valence-corrected chi connectivity index (χ3v) is 3.87. The van der Waals surface area contributed by atoms with Crippen molar-refractivity contribution in [1.29, 1.82) is 0 Å². The van der Waals surface area contributed by atoms with Gasteiger partial charge in [0.15, 0.2) is 0 Å². The predicted molar refractivity (Wildman–Crippen MR) is 87.8 cm³/mol. The van der Waals surface area contributed by atoms with Crippen LogP contribution in [0.1, 0.15) is 5.56 Å². The Kier molecular flexibility index (Phi) is 5.63. The number of rotatable bonds is 5. The molecule has 1 amide bonds. The zero-order chi connectivity index (χ0) is 16.1. The maximum absolute atomic E-state index is 13.7. The summed E-state index contributed by atoms with van der Waals surface area (Å²) in [6.45, 7) is 0.168. The summed E-state index contributed by atoms with van der Waals surface area (Å²) in [5.41, 5.74) is 0.979. The number of likely N-dealkylation sites (N-methyl/N-ethyl adjacent to an activating group) is 1. The van der Waals surface area contributed by atoms with Crippen molar-refractivity contribution in [1.82, 2.24) is 4.90 Å². The first-order chi connectivity index (χ1) is 10.5. The Morgan fingerprint density at radius 3 is 2.50 bits per heavy atom. The number of carbonyl (C=O) groups is 1. The van der Waals surface area contributed by atoms with Crippen molar-refractivity contribution in [2.24, 2.45) is 0 Å². The van der Waals surface area contributed by atoms with Crippen LogP contribution >= 0.6 is 23.2 Å². The number of benzene rings is 2. The van der Waals surface area contributed by atoms with Gasteiger partial charge in [0.2, 0.25) is 5.91 Å². The molecule has 0 atom stereocenters. The lowest BCUT2D eigenvalue weighted by atomic mass is 10.2. The summed E-state index contributed by atoms with van der Waals surface area (Å²) in [6.07, 6.45) is 0. The molecule has 0 aliphatic rings. The van der Waals surface area contributed by atoms with Gasteiger partial charge in [0, 0.05) is 24.2 Å². The molecule has 1 N–H and O–H groups in total. The number of anilines is 1. The molecule has 0 saturated heterocycles. The fourth-order valence-electron chi connectivity index (χ4n) is 1.92. The van der Waals surface area contributed by atoms with Crippen molar-refractivity contribution in [3.05, 3.63) is 63.9 Å². The minimum absolute atomic E-state index is 0.0618. The summed E-state index contributed by atoms with van der Waals surface area (Å²) >= 11 is 12.0. The molecule has 6 heteroatoms. The Hall–Kier alpha value is -1.78. The topological polar surface area (TPSA) is 32.3 Å². The Labute approximate surface area is 138 Å². The van der Waals surface area contributed by atoms with Gasteiger partial charge < -0.3 is 10.2 Å². The summed E-state index contributed by atoms with van der Waals surface area (Å²) in [7, 11) is 1.60. The second-order valence-corrected chi connectivity index (χ2v) is 5.60. The van der Waals surface area contributed by atoms with Crippen LogP contribution < -0.4 is 5.32 Å². The molecule has 2 aromatic rings. The van der Waals surface area contributed by atoms with E-state index in [2.05, 4.69) is 5.32 Å². The summed E-state index contributed by atoms with van der Waals surface area (Å²) in [5.74, 6) is -0.620. The van der Waals surface area contributed by atoms with Crippen molar-refractivity contribution in [3.63, 3.8) is 0 Å². The third-order valence-electron chi connectivity index (χ3n) is 3.19. The highest BCUT2D eigenvalue weighted by atomic mass is 35.5. The predicted octanol–water partition coefficient (Wildman–Crippen LogP) is 4.20. The van der Waals surface area contributed by atoms with E-state index in [1.807, 2.05) is 12.1 Å². The highest BCUT2D eigenvalue weighted by molar-refractivity contribution is 6.33. The average Bonchev–Trinajstić information content (AvgIpc) is 2.49. The second-order valence-electron chi connectivity index (χ2n) is 4.78. The van der Waals surface area contributed by atoms with E-state index in [1.54, 1.807) is 25.2 Å². The van der Waals surface area contributed by atoms with Gasteiger partial charge in [-0.25, -0.2) is 4.39 Å². The van der Waals surface area contributed by atoms with E-state index in [0.717, 1.165) is 0 Å². The Morgan fingerprint density at radius 1 is 1.14 bits per heavy atom. The molecular weight excluding hydrogens is 326 g/mol. The van der Waals surface area contributed by atoms with Crippen LogP contribution in [0.15, 0.2) is 42.5 Å². The van der Waals surface area contributed by atoms with E-state index >= 15 is 0 Å². The maximum atomic E-state index is 13.7. The lowest BCUT2D eigenvalue weighted by Crippen LogP contribution is -2.32. The van der Waals surface area contributed by atoms with Gasteiger partial charge in [-0.3, -0.25) is 4.79 Å². The molecule has 2 rings (SSSR count). The van der Waals surface area contributed by atoms with E-state index in [9.17, 15) is 9.18 Å². The molecular formula is C16H15Cl2FN2O. The highest BCUT2D eigenvalue weighted by Crippen LogP contribution is 2.21. The van der Waals surface area contributed by atoms with Crippen LogP contribution in [0.4, 0.5) is 10.1 Å². The molecule has 0 fully saturated rings. The summed E-state index contributed by atoms with van der Waals surface area (Å²) in [5, 5.41) is 3.80. The first-order valence-electron chi connectivity index (χ1n) is 6.64. The van der Waals surface area contributed by atoms with Crippen LogP contribution in [-0.2, 0) is 11.3 Å². The van der Waals surface area contributed by atoms with Crippen LogP contribution in [0.2, 0.25) is 10.0 Å². The number of carbonyl (C=O) groups excluding carboxylic acids is 1. The Balaban J connectivity index is 1.97. The van der Waals surface area contributed by atoms with Crippen LogP contribution in [0.5, 0.6) is 0 Å². The van der Waals surface area contributed by atoms with E-state index in [1.165, 1.54) is 17.0 Å². The molecule has 3 nitrogen and oxygen atoms in total. The number of amides is 1. The average molecular weight is 341 g/mol. The zero-order valence-electron chi connectivity index (χ0n) is 11.9. The lowest BCUT2D eigenvalue weighted by molar-refractivity contribution is -0.128. The monoisotopic (exact) mass is 340 g/mol. The number of halogens is 3. The number of para-hydroxylation sites is 1. The van der Waals surface area contributed by atoms with Gasteiger partial charge in [0.25, 0.3) is 0 Å². The van der Waals surface area contributed by atoms with Gasteiger partial charge in [-0.1, -0.05) is 41.4 Å². The fraction of sp³-hybridized carbons (Fsp3) is 0.188. The SMILES string of the molecule is CN(Cc1c(F)cccc1Cl)C(=O)CNc1ccccc1Cl. The summed E-state index contributed by atoms with van der Waals surface area (Å²) < 4.78 is 13.7. The van der Waals surface area contributed by atoms with Gasteiger partial charge in [0.1, 0.15) is 5.82 Å². The van der Waals surface area contributed by atoms with Crippen LogP contribution in [0.25, 0.3) is 0 Å². The van der Waals surface area contributed by atoms with E-state index < -0.39 is 5.82 Å². The molecule has 0 bridgehead atoms. The number of hydrogen-bond donors (Lipinski definition) is 1. The molecule has 0 heterocycles. The molecule has 0 aliphatic heterocycles. The second kappa shape index (κ2) is 7.47.